The van der Waals surface area contributed by atoms with Gasteiger partial charge >= 0.3 is 0 Å². The van der Waals surface area contributed by atoms with Gasteiger partial charge in [0.1, 0.15) is 0 Å². The number of amides is 1. The number of thiol groups is 1. The Balaban J connectivity index is 0.000000162. The van der Waals surface area contributed by atoms with E-state index >= 15 is 0 Å². The van der Waals surface area contributed by atoms with Gasteiger partial charge in [-0.3, -0.25) is 4.79 Å². The molecule has 0 saturated heterocycles. The summed E-state index contributed by atoms with van der Waals surface area (Å²) < 4.78 is 0. The molecule has 0 fully saturated rings. The van der Waals surface area contributed by atoms with Gasteiger partial charge in [0, 0.05) is 12.4 Å². The van der Waals surface area contributed by atoms with E-state index in [1.54, 1.807) is 18.7 Å². The molecule has 0 aliphatic carbocycles. The minimum Gasteiger partial charge on any atom is -0.369 e. The lowest BCUT2D eigenvalue weighted by molar-refractivity contribution is -0.115. The van der Waals surface area contributed by atoms with Crippen molar-refractivity contribution >= 4 is 18.5 Å². The average molecular weight is 159 g/mol. The Labute approximate surface area is 64.3 Å². The Morgan fingerprint density at radius 3 is 2.50 bits per heavy atom. The van der Waals surface area contributed by atoms with Crippen LogP contribution in [0, 0.1) is 0 Å². The molecule has 0 saturated carbocycles. The molecule has 1 heterocycles. The molecule has 0 aliphatic rings. The highest BCUT2D eigenvalue weighted by molar-refractivity contribution is 7.81. The van der Waals surface area contributed by atoms with E-state index in [0.29, 0.717) is 0 Å². The minimum absolute atomic E-state index is 0.139. The summed E-state index contributed by atoms with van der Waals surface area (Å²) in [5, 5.41) is 0. The largest absolute Gasteiger partial charge is 0.369 e. The third-order valence-electron chi connectivity index (χ3n) is 0.562. The molecule has 56 valence electrons. The van der Waals surface area contributed by atoms with Crippen molar-refractivity contribution in [2.75, 3.05) is 5.75 Å². The van der Waals surface area contributed by atoms with Crippen LogP contribution in [-0.2, 0) is 4.79 Å². The molecule has 0 spiro atoms. The first kappa shape index (κ1) is 9.03. The number of H-pyrrole nitrogens is 1. The SMILES string of the molecule is NC(=O)CS.c1c[nH]cn1. The molecule has 1 rings (SSSR count). The molecule has 0 bridgehead atoms. The Bertz CT molecular complexity index is 146. The van der Waals surface area contributed by atoms with E-state index in [4.69, 9.17) is 0 Å². The Morgan fingerprint density at radius 1 is 1.80 bits per heavy atom. The number of hydrogen-bond donors (Lipinski definition) is 3. The van der Waals surface area contributed by atoms with Gasteiger partial charge < -0.3 is 10.7 Å². The van der Waals surface area contributed by atoms with Crippen LogP contribution in [0.5, 0.6) is 0 Å². The second-order valence-corrected chi connectivity index (χ2v) is 1.70. The number of nitrogens with one attached hydrogen (secondary N) is 1. The molecular weight excluding hydrogens is 150 g/mol. The van der Waals surface area contributed by atoms with Crippen molar-refractivity contribution in [3.63, 3.8) is 0 Å². The number of carbonyl (C=O) groups is 1. The number of imidazole rings is 1. The van der Waals surface area contributed by atoms with Crippen LogP contribution in [0.15, 0.2) is 18.7 Å². The third-order valence-corrected chi connectivity index (χ3v) is 0.873. The summed E-state index contributed by atoms with van der Waals surface area (Å²) in [4.78, 5) is 15.9. The highest BCUT2D eigenvalue weighted by Gasteiger charge is 1.78. The van der Waals surface area contributed by atoms with E-state index in [0.717, 1.165) is 0 Å². The van der Waals surface area contributed by atoms with Gasteiger partial charge in [0.05, 0.1) is 12.1 Å². The highest BCUT2D eigenvalue weighted by atomic mass is 32.1. The number of nitrogens with zero attached hydrogens (tertiary/aromatic N) is 1. The van der Waals surface area contributed by atoms with Crippen LogP contribution >= 0.6 is 12.6 Å². The predicted octanol–water partition coefficient (Wildman–Crippen LogP) is -0.189. The van der Waals surface area contributed by atoms with E-state index in [1.165, 1.54) is 0 Å². The molecule has 4 nitrogen and oxygen atoms in total. The Kier molecular flexibility index (Phi) is 5.56. The van der Waals surface area contributed by atoms with Gasteiger partial charge in [-0.25, -0.2) is 4.98 Å². The second kappa shape index (κ2) is 6.15. The summed E-state index contributed by atoms with van der Waals surface area (Å²) in [6.45, 7) is 0. The van der Waals surface area contributed by atoms with Crippen molar-refractivity contribution in [1.82, 2.24) is 9.97 Å². The molecule has 0 unspecified atom stereocenters. The number of aromatic amines is 1. The van der Waals surface area contributed by atoms with Crippen molar-refractivity contribution in [2.45, 2.75) is 0 Å². The van der Waals surface area contributed by atoms with E-state index in [2.05, 4.69) is 28.3 Å². The van der Waals surface area contributed by atoms with E-state index in [9.17, 15) is 4.79 Å². The fourth-order valence-corrected chi connectivity index (χ4v) is 0.215. The standard InChI is InChI=1S/C3H4N2.C2H5NOS/c1-2-5-3-4-1;3-2(4)1-5/h1-3H,(H,4,5);5H,1H2,(H2,3,4). The van der Waals surface area contributed by atoms with Gasteiger partial charge in [0.2, 0.25) is 5.91 Å². The summed E-state index contributed by atoms with van der Waals surface area (Å²) >= 11 is 3.54. The monoisotopic (exact) mass is 159 g/mol. The van der Waals surface area contributed by atoms with Crippen molar-refractivity contribution in [1.29, 1.82) is 0 Å². The zero-order valence-electron chi connectivity index (χ0n) is 5.32. The lowest BCUT2D eigenvalue weighted by Gasteiger charge is -1.72. The van der Waals surface area contributed by atoms with Gasteiger partial charge in [-0.2, -0.15) is 12.6 Å². The fraction of sp³-hybridized carbons (Fsp3) is 0.200. The second-order valence-electron chi connectivity index (χ2n) is 1.39. The van der Waals surface area contributed by atoms with Crippen LogP contribution in [0.3, 0.4) is 0 Å². The highest BCUT2D eigenvalue weighted by Crippen LogP contribution is 1.63. The molecule has 1 amide bonds. The quantitative estimate of drug-likeness (QED) is 0.497. The molecule has 1 aromatic heterocycles. The van der Waals surface area contributed by atoms with Gasteiger partial charge in [0.15, 0.2) is 0 Å². The van der Waals surface area contributed by atoms with Crippen LogP contribution in [0.1, 0.15) is 0 Å². The van der Waals surface area contributed by atoms with Gasteiger partial charge in [0.25, 0.3) is 0 Å². The summed E-state index contributed by atoms with van der Waals surface area (Å²) in [5.74, 6) is -0.242. The van der Waals surface area contributed by atoms with Gasteiger partial charge in [-0.15, -0.1) is 0 Å². The molecule has 0 atom stereocenters. The number of hydrogen-bond acceptors (Lipinski definition) is 3. The number of primary amides is 1. The molecule has 0 aliphatic heterocycles. The minimum atomic E-state index is -0.381. The maximum absolute atomic E-state index is 9.51. The molecule has 1 aromatic rings. The zero-order chi connectivity index (χ0) is 7.82. The maximum atomic E-state index is 9.51. The van der Waals surface area contributed by atoms with Crippen LogP contribution in [0.25, 0.3) is 0 Å². The van der Waals surface area contributed by atoms with Crippen LogP contribution in [0.2, 0.25) is 0 Å². The first-order valence-corrected chi connectivity index (χ1v) is 3.22. The lowest BCUT2D eigenvalue weighted by atomic mass is 10.8. The zero-order valence-corrected chi connectivity index (χ0v) is 6.21. The van der Waals surface area contributed by atoms with Crippen molar-refractivity contribution < 1.29 is 4.79 Å². The van der Waals surface area contributed by atoms with E-state index in [-0.39, 0.29) is 11.7 Å². The van der Waals surface area contributed by atoms with Gasteiger partial charge in [-0.05, 0) is 0 Å². The lowest BCUT2D eigenvalue weighted by Crippen LogP contribution is -2.10. The smallest absolute Gasteiger partial charge is 0.227 e. The van der Waals surface area contributed by atoms with Crippen LogP contribution < -0.4 is 5.73 Å². The topological polar surface area (TPSA) is 71.8 Å². The van der Waals surface area contributed by atoms with Gasteiger partial charge in [-0.1, -0.05) is 0 Å². The molecule has 10 heavy (non-hydrogen) atoms. The number of rotatable bonds is 1. The summed E-state index contributed by atoms with van der Waals surface area (Å²) in [5.41, 5.74) is 4.58. The molecule has 3 N–H and O–H groups in total. The average Bonchev–Trinajstić information content (AvgIpc) is 2.43. The van der Waals surface area contributed by atoms with Crippen molar-refractivity contribution in [3.8, 4) is 0 Å². The number of nitrogens with two attached hydrogens (primary N) is 1. The van der Waals surface area contributed by atoms with E-state index in [1.807, 2.05) is 0 Å². The molecule has 0 radical (unpaired) electrons. The summed E-state index contributed by atoms with van der Waals surface area (Å²) in [7, 11) is 0. The molecular formula is C5H9N3OS. The normalized spacial score (nSPS) is 7.70. The summed E-state index contributed by atoms with van der Waals surface area (Å²) in [6, 6.07) is 0. The predicted molar refractivity (Wildman–Crippen MR) is 41.6 cm³/mol. The first-order chi connectivity index (χ1) is 4.77. The van der Waals surface area contributed by atoms with Crippen LogP contribution in [0.4, 0.5) is 0 Å². The Hall–Kier alpha value is -0.970. The maximum Gasteiger partial charge on any atom is 0.227 e. The molecule has 5 heteroatoms. The third kappa shape index (κ3) is 7.03. The Morgan fingerprint density at radius 2 is 2.40 bits per heavy atom. The van der Waals surface area contributed by atoms with E-state index < -0.39 is 0 Å². The first-order valence-electron chi connectivity index (χ1n) is 2.59. The number of carbonyl (C=O) groups excluding carboxylic acids is 1. The number of aromatic nitrogens is 2. The summed E-state index contributed by atoms with van der Waals surface area (Å²) in [6.07, 6.45) is 5.08. The van der Waals surface area contributed by atoms with Crippen molar-refractivity contribution in [3.05, 3.63) is 18.7 Å². The van der Waals surface area contributed by atoms with Crippen molar-refractivity contribution in [2.24, 2.45) is 5.73 Å². The van der Waals surface area contributed by atoms with Crippen LogP contribution in [-0.4, -0.2) is 21.6 Å². The molecule has 0 aromatic carbocycles. The fourth-order valence-electron chi connectivity index (χ4n) is 0.215.